The molecule has 0 aliphatic rings. The van der Waals surface area contributed by atoms with Gasteiger partial charge in [0.25, 0.3) is 0 Å². The van der Waals surface area contributed by atoms with Crippen molar-refractivity contribution in [2.75, 3.05) is 0 Å². The largest absolute Gasteiger partial charge is 0.388 e. The zero-order chi connectivity index (χ0) is 14.6. The van der Waals surface area contributed by atoms with E-state index in [9.17, 15) is 20.0 Å². The van der Waals surface area contributed by atoms with Gasteiger partial charge in [0, 0.05) is 0 Å². The molecule has 0 saturated carbocycles. The maximum atomic E-state index is 11.8. The molecule has 1 atom stereocenters. The third-order valence-electron chi connectivity index (χ3n) is 2.73. The van der Waals surface area contributed by atoms with E-state index < -0.39 is 10.5 Å². The fourth-order valence-electron chi connectivity index (χ4n) is 1.70. The van der Waals surface area contributed by atoms with Crippen molar-refractivity contribution in [3.05, 3.63) is 22.5 Å². The lowest BCUT2D eigenvalue weighted by molar-refractivity contribution is -0.385. The van der Waals surface area contributed by atoms with E-state index in [0.29, 0.717) is 6.42 Å². The Morgan fingerprint density at radius 1 is 1.68 bits per heavy atom. The maximum Gasteiger partial charge on any atom is 0.307 e. The normalized spacial score (nSPS) is 13.1. The van der Waals surface area contributed by atoms with E-state index >= 15 is 0 Å². The summed E-state index contributed by atoms with van der Waals surface area (Å²) in [5.74, 6) is -0.355. The molecule has 1 aromatic rings. The molecule has 1 heterocycles. The molecule has 1 rings (SSSR count). The van der Waals surface area contributed by atoms with Crippen LogP contribution < -0.4 is 5.32 Å². The van der Waals surface area contributed by atoms with Crippen LogP contribution in [0.15, 0.2) is 12.4 Å². The molecular formula is C11H18N4O4. The standard InChI is InChI=1S/C11H18N4O4/c1-4-9(11(2,3)17)13-10(16)7-14-6-8(5-12-14)15(18)19/h5-6,9,17H,4,7H2,1-3H3,(H,13,16)/t9-/m0/s1. The number of aliphatic hydroxyl groups is 1. The molecule has 0 aliphatic heterocycles. The summed E-state index contributed by atoms with van der Waals surface area (Å²) >= 11 is 0. The fraction of sp³-hybridized carbons (Fsp3) is 0.636. The monoisotopic (exact) mass is 270 g/mol. The Labute approximate surface area is 110 Å². The van der Waals surface area contributed by atoms with Gasteiger partial charge in [0.2, 0.25) is 5.91 Å². The highest BCUT2D eigenvalue weighted by atomic mass is 16.6. The summed E-state index contributed by atoms with van der Waals surface area (Å²) in [6, 6.07) is -0.384. The number of hydrogen-bond donors (Lipinski definition) is 2. The summed E-state index contributed by atoms with van der Waals surface area (Å²) in [6.45, 7) is 4.95. The highest BCUT2D eigenvalue weighted by Gasteiger charge is 2.26. The van der Waals surface area contributed by atoms with Crippen molar-refractivity contribution in [1.29, 1.82) is 0 Å². The first-order valence-electron chi connectivity index (χ1n) is 5.92. The van der Waals surface area contributed by atoms with E-state index in [2.05, 4.69) is 10.4 Å². The third-order valence-corrected chi connectivity index (χ3v) is 2.73. The van der Waals surface area contributed by atoms with E-state index in [1.165, 1.54) is 10.9 Å². The average molecular weight is 270 g/mol. The topological polar surface area (TPSA) is 110 Å². The molecule has 19 heavy (non-hydrogen) atoms. The van der Waals surface area contributed by atoms with E-state index in [0.717, 1.165) is 6.20 Å². The summed E-state index contributed by atoms with van der Waals surface area (Å²) in [6.07, 6.45) is 2.85. The molecule has 0 aromatic carbocycles. The first kappa shape index (κ1) is 15.1. The maximum absolute atomic E-state index is 11.8. The summed E-state index contributed by atoms with van der Waals surface area (Å²) in [5.41, 5.74) is -1.19. The van der Waals surface area contributed by atoms with Crippen molar-refractivity contribution < 1.29 is 14.8 Å². The van der Waals surface area contributed by atoms with E-state index in [4.69, 9.17) is 0 Å². The van der Waals surface area contributed by atoms with Crippen molar-refractivity contribution in [2.45, 2.75) is 45.4 Å². The van der Waals surface area contributed by atoms with Gasteiger partial charge in [0.15, 0.2) is 0 Å². The number of amides is 1. The Hall–Kier alpha value is -1.96. The zero-order valence-electron chi connectivity index (χ0n) is 11.2. The first-order chi connectivity index (χ1) is 8.74. The lowest BCUT2D eigenvalue weighted by atomic mass is 9.96. The predicted molar refractivity (Wildman–Crippen MR) is 67.4 cm³/mol. The van der Waals surface area contributed by atoms with Gasteiger partial charge in [0.1, 0.15) is 18.9 Å². The highest BCUT2D eigenvalue weighted by Crippen LogP contribution is 2.12. The SMILES string of the molecule is CC[C@H](NC(=O)Cn1cc([N+](=O)[O-])cn1)C(C)(C)O. The van der Waals surface area contributed by atoms with Gasteiger partial charge in [-0.2, -0.15) is 5.10 Å². The molecule has 1 amide bonds. The van der Waals surface area contributed by atoms with Crippen LogP contribution in [0.2, 0.25) is 0 Å². The number of nitro groups is 1. The molecule has 0 radical (unpaired) electrons. The van der Waals surface area contributed by atoms with Crippen molar-refractivity contribution >= 4 is 11.6 Å². The van der Waals surface area contributed by atoms with Gasteiger partial charge in [-0.05, 0) is 20.3 Å². The van der Waals surface area contributed by atoms with Gasteiger partial charge in [-0.3, -0.25) is 19.6 Å². The molecule has 0 aliphatic carbocycles. The quantitative estimate of drug-likeness (QED) is 0.576. The van der Waals surface area contributed by atoms with Crippen LogP contribution in [0.3, 0.4) is 0 Å². The number of rotatable bonds is 6. The molecule has 0 saturated heterocycles. The molecule has 1 aromatic heterocycles. The van der Waals surface area contributed by atoms with Gasteiger partial charge in [-0.25, -0.2) is 0 Å². The van der Waals surface area contributed by atoms with Gasteiger partial charge in [-0.1, -0.05) is 6.92 Å². The Morgan fingerprint density at radius 2 is 2.32 bits per heavy atom. The van der Waals surface area contributed by atoms with Crippen molar-refractivity contribution in [2.24, 2.45) is 0 Å². The molecule has 106 valence electrons. The molecule has 0 fully saturated rings. The van der Waals surface area contributed by atoms with Gasteiger partial charge in [-0.15, -0.1) is 0 Å². The second-order valence-electron chi connectivity index (χ2n) is 4.84. The zero-order valence-corrected chi connectivity index (χ0v) is 11.2. The molecule has 8 nitrogen and oxygen atoms in total. The second-order valence-corrected chi connectivity index (χ2v) is 4.84. The van der Waals surface area contributed by atoms with Crippen molar-refractivity contribution in [3.8, 4) is 0 Å². The minimum atomic E-state index is -1.03. The third kappa shape index (κ3) is 4.32. The van der Waals surface area contributed by atoms with Crippen molar-refractivity contribution in [3.63, 3.8) is 0 Å². The molecule has 0 unspecified atom stereocenters. The first-order valence-corrected chi connectivity index (χ1v) is 5.92. The number of hydrogen-bond acceptors (Lipinski definition) is 5. The van der Waals surface area contributed by atoms with Gasteiger partial charge in [0.05, 0.1) is 16.6 Å². The second kappa shape index (κ2) is 5.79. The summed E-state index contributed by atoms with van der Waals surface area (Å²) in [5, 5.41) is 26.7. The lowest BCUT2D eigenvalue weighted by Crippen LogP contribution is -2.49. The molecular weight excluding hydrogens is 252 g/mol. The van der Waals surface area contributed by atoms with Crippen LogP contribution in [0.4, 0.5) is 5.69 Å². The lowest BCUT2D eigenvalue weighted by Gasteiger charge is -2.29. The van der Waals surface area contributed by atoms with E-state index in [-0.39, 0.29) is 24.2 Å². The number of carbonyl (C=O) groups excluding carboxylic acids is 1. The van der Waals surface area contributed by atoms with Crippen LogP contribution in [-0.4, -0.2) is 37.4 Å². The fourth-order valence-corrected chi connectivity index (χ4v) is 1.70. The van der Waals surface area contributed by atoms with Crippen LogP contribution in [0.5, 0.6) is 0 Å². The molecule has 0 spiro atoms. The van der Waals surface area contributed by atoms with Crippen LogP contribution in [0.1, 0.15) is 27.2 Å². The minimum Gasteiger partial charge on any atom is -0.388 e. The number of nitrogens with one attached hydrogen (secondary N) is 1. The molecule has 2 N–H and O–H groups in total. The summed E-state index contributed by atoms with van der Waals surface area (Å²) in [7, 11) is 0. The Kier molecular flexibility index (Phi) is 4.60. The number of carbonyl (C=O) groups is 1. The smallest absolute Gasteiger partial charge is 0.307 e. The summed E-state index contributed by atoms with van der Waals surface area (Å²) < 4.78 is 1.19. The Balaban J connectivity index is 2.61. The summed E-state index contributed by atoms with van der Waals surface area (Å²) in [4.78, 5) is 21.7. The van der Waals surface area contributed by atoms with Crippen LogP contribution in [0, 0.1) is 10.1 Å². The Morgan fingerprint density at radius 3 is 2.74 bits per heavy atom. The Bertz CT molecular complexity index is 464. The average Bonchev–Trinajstić information content (AvgIpc) is 2.72. The van der Waals surface area contributed by atoms with E-state index in [1.807, 2.05) is 6.92 Å². The van der Waals surface area contributed by atoms with E-state index in [1.54, 1.807) is 13.8 Å². The predicted octanol–water partition coefficient (Wildman–Crippen LogP) is 0.457. The molecule has 8 heteroatoms. The molecule has 0 bridgehead atoms. The van der Waals surface area contributed by atoms with Crippen LogP contribution in [-0.2, 0) is 11.3 Å². The van der Waals surface area contributed by atoms with Crippen LogP contribution >= 0.6 is 0 Å². The highest BCUT2D eigenvalue weighted by molar-refractivity contribution is 5.76. The van der Waals surface area contributed by atoms with Gasteiger partial charge >= 0.3 is 5.69 Å². The van der Waals surface area contributed by atoms with Gasteiger partial charge < -0.3 is 10.4 Å². The minimum absolute atomic E-state index is 0.125. The number of aromatic nitrogens is 2. The number of nitrogens with zero attached hydrogens (tertiary/aromatic N) is 3. The van der Waals surface area contributed by atoms with Crippen LogP contribution in [0.25, 0.3) is 0 Å². The van der Waals surface area contributed by atoms with Crippen molar-refractivity contribution in [1.82, 2.24) is 15.1 Å².